The summed E-state index contributed by atoms with van der Waals surface area (Å²) in [6.45, 7) is 3.13. The van der Waals surface area contributed by atoms with Gasteiger partial charge >= 0.3 is 0 Å². The number of nitrogens with zero attached hydrogens (tertiary/aromatic N) is 1. The summed E-state index contributed by atoms with van der Waals surface area (Å²) in [6.07, 6.45) is 2.52. The number of aryl methyl sites for hydroxylation is 1. The summed E-state index contributed by atoms with van der Waals surface area (Å²) in [6, 6.07) is 4.36. The minimum atomic E-state index is -3.76. The third-order valence-electron chi connectivity index (χ3n) is 4.29. The van der Waals surface area contributed by atoms with E-state index in [2.05, 4.69) is 5.32 Å². The molecule has 110 valence electrons. The number of nitrogens with one attached hydrogen (secondary N) is 1. The van der Waals surface area contributed by atoms with E-state index in [4.69, 9.17) is 0 Å². The highest BCUT2D eigenvalue weighted by atomic mass is 32.2. The molecule has 0 spiro atoms. The molecule has 3 rings (SSSR count). The van der Waals surface area contributed by atoms with Crippen molar-refractivity contribution in [2.45, 2.75) is 43.2 Å². The van der Waals surface area contributed by atoms with E-state index in [1.165, 1.54) is 6.07 Å². The molecule has 0 amide bonds. The highest BCUT2D eigenvalue weighted by molar-refractivity contribution is 7.89. The summed E-state index contributed by atoms with van der Waals surface area (Å²) in [4.78, 5) is -0.154. The van der Waals surface area contributed by atoms with E-state index < -0.39 is 15.8 Å². The van der Waals surface area contributed by atoms with E-state index in [0.29, 0.717) is 12.1 Å². The molecule has 2 aliphatic heterocycles. The van der Waals surface area contributed by atoms with Gasteiger partial charge < -0.3 is 5.32 Å². The van der Waals surface area contributed by atoms with Crippen molar-refractivity contribution in [1.82, 2.24) is 9.62 Å². The van der Waals surface area contributed by atoms with Crippen LogP contribution in [0, 0.1) is 12.7 Å². The molecule has 2 saturated heterocycles. The number of benzene rings is 1. The minimum Gasteiger partial charge on any atom is -0.315 e. The SMILES string of the molecule is Cc1cccc(F)c1S(=O)(=O)N1C2CCNCC1CC2. The second kappa shape index (κ2) is 5.09. The molecule has 2 aliphatic rings. The molecule has 0 radical (unpaired) electrons. The fourth-order valence-electron chi connectivity index (χ4n) is 3.38. The van der Waals surface area contributed by atoms with Gasteiger partial charge in [-0.15, -0.1) is 0 Å². The molecular weight excluding hydrogens is 279 g/mol. The number of fused-ring (bicyclic) bond motifs is 2. The van der Waals surface area contributed by atoms with Crippen molar-refractivity contribution in [3.8, 4) is 0 Å². The van der Waals surface area contributed by atoms with Crippen LogP contribution in [-0.2, 0) is 10.0 Å². The quantitative estimate of drug-likeness (QED) is 0.903. The average molecular weight is 298 g/mol. The van der Waals surface area contributed by atoms with Gasteiger partial charge in [0.25, 0.3) is 0 Å². The monoisotopic (exact) mass is 298 g/mol. The van der Waals surface area contributed by atoms with Crippen molar-refractivity contribution < 1.29 is 12.8 Å². The maximum atomic E-state index is 14.1. The summed E-state index contributed by atoms with van der Waals surface area (Å²) in [5.74, 6) is -0.651. The molecule has 2 fully saturated rings. The normalized spacial score (nSPS) is 27.5. The van der Waals surface area contributed by atoms with E-state index in [0.717, 1.165) is 25.8 Å². The average Bonchev–Trinajstić information content (AvgIpc) is 2.63. The Balaban J connectivity index is 2.08. The first-order valence-electron chi connectivity index (χ1n) is 7.01. The van der Waals surface area contributed by atoms with Crippen LogP contribution in [0.15, 0.2) is 23.1 Å². The number of rotatable bonds is 2. The molecule has 0 aromatic heterocycles. The van der Waals surface area contributed by atoms with Gasteiger partial charge in [-0.25, -0.2) is 12.8 Å². The Labute approximate surface area is 119 Å². The maximum Gasteiger partial charge on any atom is 0.246 e. The predicted octanol–water partition coefficient (Wildman–Crippen LogP) is 1.65. The fourth-order valence-corrected chi connectivity index (χ4v) is 5.56. The second-order valence-corrected chi connectivity index (χ2v) is 7.38. The molecule has 0 aliphatic carbocycles. The first kappa shape index (κ1) is 14.0. The maximum absolute atomic E-state index is 14.1. The van der Waals surface area contributed by atoms with Crippen LogP contribution in [-0.4, -0.2) is 37.9 Å². The molecule has 2 heterocycles. The van der Waals surface area contributed by atoms with E-state index in [1.54, 1.807) is 23.4 Å². The van der Waals surface area contributed by atoms with Crippen LogP contribution in [0.5, 0.6) is 0 Å². The van der Waals surface area contributed by atoms with Gasteiger partial charge in [-0.3, -0.25) is 0 Å². The van der Waals surface area contributed by atoms with Crippen molar-refractivity contribution in [3.63, 3.8) is 0 Å². The lowest BCUT2D eigenvalue weighted by Crippen LogP contribution is -2.42. The zero-order valence-corrected chi connectivity index (χ0v) is 12.3. The van der Waals surface area contributed by atoms with Crippen LogP contribution in [0.25, 0.3) is 0 Å². The van der Waals surface area contributed by atoms with Gasteiger partial charge in [0.15, 0.2) is 0 Å². The van der Waals surface area contributed by atoms with Crippen LogP contribution >= 0.6 is 0 Å². The van der Waals surface area contributed by atoms with E-state index in [-0.39, 0.29) is 17.0 Å². The van der Waals surface area contributed by atoms with Gasteiger partial charge in [0.2, 0.25) is 10.0 Å². The van der Waals surface area contributed by atoms with Crippen molar-refractivity contribution in [1.29, 1.82) is 0 Å². The summed E-state index contributed by atoms with van der Waals surface area (Å²) in [5, 5.41) is 3.26. The standard InChI is InChI=1S/C14H19FN2O2S/c1-10-3-2-4-13(15)14(10)20(18,19)17-11-5-6-12(17)9-16-8-7-11/h2-4,11-12,16H,5-9H2,1H3. The summed E-state index contributed by atoms with van der Waals surface area (Å²) in [5.41, 5.74) is 0.474. The van der Waals surface area contributed by atoms with Gasteiger partial charge in [0, 0.05) is 18.6 Å². The molecule has 6 heteroatoms. The van der Waals surface area contributed by atoms with Gasteiger partial charge in [-0.05, 0) is 44.4 Å². The Bertz CT molecular complexity index is 583. The zero-order valence-electron chi connectivity index (χ0n) is 11.5. The first-order chi connectivity index (χ1) is 9.51. The van der Waals surface area contributed by atoms with E-state index in [9.17, 15) is 12.8 Å². The van der Waals surface area contributed by atoms with Crippen molar-refractivity contribution in [2.24, 2.45) is 0 Å². The van der Waals surface area contributed by atoms with Crippen LogP contribution in [0.4, 0.5) is 4.39 Å². The lowest BCUT2D eigenvalue weighted by atomic mass is 10.1. The lowest BCUT2D eigenvalue weighted by molar-refractivity contribution is 0.332. The summed E-state index contributed by atoms with van der Waals surface area (Å²) < 4.78 is 41.4. The largest absolute Gasteiger partial charge is 0.315 e. The van der Waals surface area contributed by atoms with Crippen molar-refractivity contribution in [3.05, 3.63) is 29.6 Å². The molecule has 4 nitrogen and oxygen atoms in total. The second-order valence-electron chi connectivity index (χ2n) is 5.60. The number of hydrogen-bond acceptors (Lipinski definition) is 3. The first-order valence-corrected chi connectivity index (χ1v) is 8.45. The van der Waals surface area contributed by atoms with Crippen molar-refractivity contribution >= 4 is 10.0 Å². The predicted molar refractivity (Wildman–Crippen MR) is 74.5 cm³/mol. The van der Waals surface area contributed by atoms with Crippen molar-refractivity contribution in [2.75, 3.05) is 13.1 Å². The zero-order chi connectivity index (χ0) is 14.3. The Morgan fingerprint density at radius 1 is 1.25 bits per heavy atom. The Morgan fingerprint density at radius 2 is 2.00 bits per heavy atom. The molecule has 1 aromatic carbocycles. The molecule has 0 saturated carbocycles. The van der Waals surface area contributed by atoms with Gasteiger partial charge in [0.05, 0.1) is 0 Å². The van der Waals surface area contributed by atoms with Gasteiger partial charge in [0.1, 0.15) is 10.7 Å². The number of hydrogen-bond donors (Lipinski definition) is 1. The Morgan fingerprint density at radius 3 is 2.75 bits per heavy atom. The summed E-state index contributed by atoms with van der Waals surface area (Å²) >= 11 is 0. The summed E-state index contributed by atoms with van der Waals surface area (Å²) in [7, 11) is -3.76. The molecule has 20 heavy (non-hydrogen) atoms. The molecular formula is C14H19FN2O2S. The topological polar surface area (TPSA) is 49.4 Å². The fraction of sp³-hybridized carbons (Fsp3) is 0.571. The molecule has 1 aromatic rings. The van der Waals surface area contributed by atoms with Crippen LogP contribution < -0.4 is 5.32 Å². The molecule has 2 bridgehead atoms. The lowest BCUT2D eigenvalue weighted by Gasteiger charge is -2.27. The third-order valence-corrected chi connectivity index (χ3v) is 6.47. The Hall–Kier alpha value is -0.980. The smallest absolute Gasteiger partial charge is 0.246 e. The number of halogens is 1. The Kier molecular flexibility index (Phi) is 3.56. The third kappa shape index (κ3) is 2.16. The van der Waals surface area contributed by atoms with E-state index >= 15 is 0 Å². The molecule has 2 atom stereocenters. The van der Waals surface area contributed by atoms with Gasteiger partial charge in [-0.2, -0.15) is 4.31 Å². The minimum absolute atomic E-state index is 0.000920. The number of sulfonamides is 1. The molecule has 2 unspecified atom stereocenters. The van der Waals surface area contributed by atoms with Crippen LogP contribution in [0.3, 0.4) is 0 Å². The van der Waals surface area contributed by atoms with Gasteiger partial charge in [-0.1, -0.05) is 12.1 Å². The molecule has 1 N–H and O–H groups in total. The highest BCUT2D eigenvalue weighted by Gasteiger charge is 2.44. The van der Waals surface area contributed by atoms with E-state index in [1.807, 2.05) is 0 Å². The highest BCUT2D eigenvalue weighted by Crippen LogP contribution is 2.35. The van der Waals surface area contributed by atoms with Crippen LogP contribution in [0.1, 0.15) is 24.8 Å². The van der Waals surface area contributed by atoms with Crippen LogP contribution in [0.2, 0.25) is 0 Å².